The van der Waals surface area contributed by atoms with E-state index in [4.69, 9.17) is 15.3 Å². The Morgan fingerprint density at radius 3 is 2.57 bits per heavy atom. The summed E-state index contributed by atoms with van der Waals surface area (Å²) >= 11 is 0. The molecule has 5 heteroatoms. The molecule has 0 spiro atoms. The summed E-state index contributed by atoms with van der Waals surface area (Å²) in [6.07, 6.45) is 0. The van der Waals surface area contributed by atoms with Gasteiger partial charge in [-0.3, -0.25) is 4.98 Å². The van der Waals surface area contributed by atoms with Gasteiger partial charge in [-0.05, 0) is 25.1 Å². The maximum absolute atomic E-state index is 9.01. The summed E-state index contributed by atoms with van der Waals surface area (Å²) in [6.45, 7) is 2.41. The van der Waals surface area contributed by atoms with E-state index in [2.05, 4.69) is 10.3 Å². The molecule has 0 unspecified atom stereocenters. The number of nitrogens with one attached hydrogen (secondary N) is 1. The quantitative estimate of drug-likeness (QED) is 0.929. The normalized spacial score (nSPS) is 9.52. The summed E-state index contributed by atoms with van der Waals surface area (Å²) in [6, 6.07) is 12.8. The molecule has 1 aromatic heterocycles. The molecule has 2 aromatic rings. The standard InChI is InChI=1S/C16H14N4O/c1-11-5-16(21-2)7-15(20-11)10-19-14-4-3-12(8-17)13(6-14)9-18/h3-7,19H,10H2,1-2H3. The molecule has 0 aliphatic rings. The minimum absolute atomic E-state index is 0.359. The second-order valence-corrected chi connectivity index (χ2v) is 4.48. The Morgan fingerprint density at radius 2 is 1.90 bits per heavy atom. The first-order valence-electron chi connectivity index (χ1n) is 6.36. The van der Waals surface area contributed by atoms with Crippen LogP contribution in [0.25, 0.3) is 0 Å². The highest BCUT2D eigenvalue weighted by molar-refractivity contribution is 5.56. The summed E-state index contributed by atoms with van der Waals surface area (Å²) in [5.74, 6) is 0.761. The van der Waals surface area contributed by atoms with E-state index in [1.54, 1.807) is 25.3 Å². The van der Waals surface area contributed by atoms with Crippen molar-refractivity contribution >= 4 is 5.69 Å². The molecular formula is C16H14N4O. The fraction of sp³-hybridized carbons (Fsp3) is 0.188. The van der Waals surface area contributed by atoms with Gasteiger partial charge in [-0.25, -0.2) is 0 Å². The zero-order valence-electron chi connectivity index (χ0n) is 11.8. The number of methoxy groups -OCH3 is 1. The summed E-state index contributed by atoms with van der Waals surface area (Å²) in [7, 11) is 1.62. The Kier molecular flexibility index (Phi) is 4.38. The Morgan fingerprint density at radius 1 is 1.14 bits per heavy atom. The first-order chi connectivity index (χ1) is 10.2. The molecule has 2 rings (SSSR count). The fourth-order valence-electron chi connectivity index (χ4n) is 1.95. The second-order valence-electron chi connectivity index (χ2n) is 4.48. The topological polar surface area (TPSA) is 81.7 Å². The molecule has 0 atom stereocenters. The highest BCUT2D eigenvalue weighted by Gasteiger charge is 2.04. The summed E-state index contributed by atoms with van der Waals surface area (Å²) in [5, 5.41) is 21.1. The number of ether oxygens (including phenoxy) is 1. The van der Waals surface area contributed by atoms with Crippen molar-refractivity contribution < 1.29 is 4.74 Å². The number of aryl methyl sites for hydroxylation is 1. The van der Waals surface area contributed by atoms with Crippen LogP contribution in [0.4, 0.5) is 5.69 Å². The SMILES string of the molecule is COc1cc(C)nc(CNc2ccc(C#N)c(C#N)c2)c1. The van der Waals surface area contributed by atoms with Crippen molar-refractivity contribution in [2.45, 2.75) is 13.5 Å². The third-order valence-electron chi connectivity index (χ3n) is 2.95. The highest BCUT2D eigenvalue weighted by atomic mass is 16.5. The summed E-state index contributed by atoms with van der Waals surface area (Å²) in [4.78, 5) is 4.41. The van der Waals surface area contributed by atoms with Gasteiger partial charge in [0.25, 0.3) is 0 Å². The van der Waals surface area contributed by atoms with Gasteiger partial charge in [0.1, 0.15) is 17.9 Å². The van der Waals surface area contributed by atoms with Crippen molar-refractivity contribution in [3.05, 3.63) is 52.8 Å². The van der Waals surface area contributed by atoms with Crippen LogP contribution in [0.1, 0.15) is 22.5 Å². The lowest BCUT2D eigenvalue weighted by Crippen LogP contribution is -2.03. The van der Waals surface area contributed by atoms with E-state index in [0.717, 1.165) is 22.8 Å². The fourth-order valence-corrected chi connectivity index (χ4v) is 1.95. The smallest absolute Gasteiger partial charge is 0.122 e. The average Bonchev–Trinajstić information content (AvgIpc) is 2.52. The molecule has 21 heavy (non-hydrogen) atoms. The predicted molar refractivity (Wildman–Crippen MR) is 78.7 cm³/mol. The Hall–Kier alpha value is -3.05. The van der Waals surface area contributed by atoms with Crippen LogP contribution >= 0.6 is 0 Å². The molecule has 0 saturated heterocycles. The van der Waals surface area contributed by atoms with Crippen molar-refractivity contribution in [2.24, 2.45) is 0 Å². The van der Waals surface area contributed by atoms with Crippen molar-refractivity contribution in [3.63, 3.8) is 0 Å². The van der Waals surface area contributed by atoms with Crippen molar-refractivity contribution in [3.8, 4) is 17.9 Å². The minimum atomic E-state index is 0.359. The van der Waals surface area contributed by atoms with Crippen molar-refractivity contribution in [1.82, 2.24) is 4.98 Å². The van der Waals surface area contributed by atoms with E-state index in [9.17, 15) is 0 Å². The van der Waals surface area contributed by atoms with Crippen LogP contribution in [0.15, 0.2) is 30.3 Å². The predicted octanol–water partition coefficient (Wildman–Crippen LogP) is 2.75. The maximum Gasteiger partial charge on any atom is 0.122 e. The molecule has 104 valence electrons. The summed E-state index contributed by atoms with van der Waals surface area (Å²) < 4.78 is 5.21. The third kappa shape index (κ3) is 3.49. The maximum atomic E-state index is 9.01. The van der Waals surface area contributed by atoms with E-state index in [1.807, 2.05) is 31.2 Å². The van der Waals surface area contributed by atoms with Gasteiger partial charge in [0.2, 0.25) is 0 Å². The molecule has 5 nitrogen and oxygen atoms in total. The molecule has 0 bridgehead atoms. The number of pyridine rings is 1. The van der Waals surface area contributed by atoms with Crippen LogP contribution in [0.2, 0.25) is 0 Å². The number of rotatable bonds is 4. The minimum Gasteiger partial charge on any atom is -0.497 e. The number of nitriles is 2. The van der Waals surface area contributed by atoms with Crippen molar-refractivity contribution in [1.29, 1.82) is 10.5 Å². The van der Waals surface area contributed by atoms with E-state index in [1.165, 1.54) is 0 Å². The van der Waals surface area contributed by atoms with Crippen LogP contribution in [0.5, 0.6) is 5.75 Å². The number of hydrogen-bond donors (Lipinski definition) is 1. The van der Waals surface area contributed by atoms with Gasteiger partial charge in [-0.2, -0.15) is 10.5 Å². The van der Waals surface area contributed by atoms with E-state index >= 15 is 0 Å². The molecule has 0 aliphatic heterocycles. The van der Waals surface area contributed by atoms with E-state index in [0.29, 0.717) is 17.7 Å². The molecule has 0 radical (unpaired) electrons. The average molecular weight is 278 g/mol. The molecule has 0 fully saturated rings. The van der Waals surface area contributed by atoms with Gasteiger partial charge in [-0.1, -0.05) is 0 Å². The van der Waals surface area contributed by atoms with Crippen LogP contribution in [0.3, 0.4) is 0 Å². The van der Waals surface area contributed by atoms with Crippen LogP contribution < -0.4 is 10.1 Å². The zero-order chi connectivity index (χ0) is 15.2. The Bertz CT molecular complexity index is 741. The van der Waals surface area contributed by atoms with Gasteiger partial charge < -0.3 is 10.1 Å². The monoisotopic (exact) mass is 278 g/mol. The van der Waals surface area contributed by atoms with Crippen LogP contribution in [-0.2, 0) is 6.54 Å². The number of aromatic nitrogens is 1. The lowest BCUT2D eigenvalue weighted by Gasteiger charge is -2.09. The number of anilines is 1. The highest BCUT2D eigenvalue weighted by Crippen LogP contribution is 2.17. The largest absolute Gasteiger partial charge is 0.497 e. The molecule has 1 N–H and O–H groups in total. The second kappa shape index (κ2) is 6.40. The lowest BCUT2D eigenvalue weighted by atomic mass is 10.1. The zero-order valence-corrected chi connectivity index (χ0v) is 11.8. The molecular weight excluding hydrogens is 264 g/mol. The van der Waals surface area contributed by atoms with Gasteiger partial charge in [0.05, 0.1) is 30.5 Å². The Balaban J connectivity index is 2.15. The molecule has 1 heterocycles. The van der Waals surface area contributed by atoms with E-state index < -0.39 is 0 Å². The van der Waals surface area contributed by atoms with Gasteiger partial charge in [0, 0.05) is 23.5 Å². The number of benzene rings is 1. The first kappa shape index (κ1) is 14.4. The summed E-state index contributed by atoms with van der Waals surface area (Å²) in [5.41, 5.74) is 3.22. The van der Waals surface area contributed by atoms with Gasteiger partial charge in [0.15, 0.2) is 0 Å². The third-order valence-corrected chi connectivity index (χ3v) is 2.95. The molecule has 0 amide bonds. The van der Waals surface area contributed by atoms with Crippen LogP contribution in [0, 0.1) is 29.6 Å². The lowest BCUT2D eigenvalue weighted by molar-refractivity contribution is 0.413. The number of hydrogen-bond acceptors (Lipinski definition) is 5. The number of nitrogens with zero attached hydrogens (tertiary/aromatic N) is 3. The van der Waals surface area contributed by atoms with Gasteiger partial charge in [-0.15, -0.1) is 0 Å². The van der Waals surface area contributed by atoms with E-state index in [-0.39, 0.29) is 0 Å². The van der Waals surface area contributed by atoms with Crippen molar-refractivity contribution in [2.75, 3.05) is 12.4 Å². The Labute approximate surface area is 123 Å². The molecule has 1 aromatic carbocycles. The van der Waals surface area contributed by atoms with Crippen LogP contribution in [-0.4, -0.2) is 12.1 Å². The first-order valence-corrected chi connectivity index (χ1v) is 6.36. The molecule has 0 saturated carbocycles. The van der Waals surface area contributed by atoms with Gasteiger partial charge >= 0.3 is 0 Å². The molecule has 0 aliphatic carbocycles.